The number of likely N-dealkylation sites (tertiary alicyclic amines) is 1. The molecule has 3 unspecified atom stereocenters. The number of piperidine rings is 1. The lowest BCUT2D eigenvalue weighted by atomic mass is 9.76. The van der Waals surface area contributed by atoms with E-state index in [-0.39, 0.29) is 12.0 Å². The van der Waals surface area contributed by atoms with Gasteiger partial charge >= 0.3 is 0 Å². The van der Waals surface area contributed by atoms with E-state index in [1.807, 2.05) is 0 Å². The molecular formula is C15H28N2O. The summed E-state index contributed by atoms with van der Waals surface area (Å²) in [6, 6.07) is 0.233. The maximum Gasteiger partial charge on any atom is 0.226 e. The first-order valence-electron chi connectivity index (χ1n) is 7.43. The molecule has 0 aromatic rings. The van der Waals surface area contributed by atoms with Crippen LogP contribution < -0.4 is 5.73 Å². The fourth-order valence-electron chi connectivity index (χ4n) is 3.27. The average molecular weight is 252 g/mol. The first-order chi connectivity index (χ1) is 8.39. The van der Waals surface area contributed by atoms with Crippen molar-refractivity contribution in [1.29, 1.82) is 0 Å². The highest BCUT2D eigenvalue weighted by molar-refractivity contribution is 5.79. The normalized spacial score (nSPS) is 36.4. The zero-order chi connectivity index (χ0) is 13.3. The van der Waals surface area contributed by atoms with Gasteiger partial charge in [0.25, 0.3) is 0 Å². The standard InChI is InChI=1S/C15H28N2O/c1-11-4-5-12(16)10-13(11)14(18)17-8-6-15(2,3)7-9-17/h11-13H,4-10,16H2,1-3H3. The van der Waals surface area contributed by atoms with Gasteiger partial charge in [-0.05, 0) is 43.4 Å². The lowest BCUT2D eigenvalue weighted by molar-refractivity contribution is -0.140. The fourth-order valence-corrected chi connectivity index (χ4v) is 3.27. The molecule has 1 heterocycles. The van der Waals surface area contributed by atoms with Crippen molar-refractivity contribution in [3.05, 3.63) is 0 Å². The van der Waals surface area contributed by atoms with Crippen molar-refractivity contribution < 1.29 is 4.79 Å². The van der Waals surface area contributed by atoms with Crippen LogP contribution in [-0.2, 0) is 4.79 Å². The van der Waals surface area contributed by atoms with E-state index < -0.39 is 0 Å². The number of hydrogen-bond donors (Lipinski definition) is 1. The van der Waals surface area contributed by atoms with E-state index in [2.05, 4.69) is 25.7 Å². The van der Waals surface area contributed by atoms with Crippen molar-refractivity contribution >= 4 is 5.91 Å². The molecule has 1 aliphatic carbocycles. The molecule has 0 bridgehead atoms. The van der Waals surface area contributed by atoms with Gasteiger partial charge in [0.05, 0.1) is 0 Å². The predicted octanol–water partition coefficient (Wildman–Crippen LogP) is 2.40. The number of carbonyl (C=O) groups excluding carboxylic acids is 1. The Bertz CT molecular complexity index is 304. The van der Waals surface area contributed by atoms with Crippen molar-refractivity contribution in [1.82, 2.24) is 4.90 Å². The zero-order valence-electron chi connectivity index (χ0n) is 12.1. The third-order valence-corrected chi connectivity index (χ3v) is 4.98. The van der Waals surface area contributed by atoms with Crippen LogP contribution in [0.5, 0.6) is 0 Å². The van der Waals surface area contributed by atoms with E-state index in [4.69, 9.17) is 5.73 Å². The van der Waals surface area contributed by atoms with Crippen molar-refractivity contribution in [3.63, 3.8) is 0 Å². The van der Waals surface area contributed by atoms with E-state index in [0.717, 1.165) is 45.2 Å². The molecule has 104 valence electrons. The van der Waals surface area contributed by atoms with Gasteiger partial charge < -0.3 is 10.6 Å². The smallest absolute Gasteiger partial charge is 0.226 e. The predicted molar refractivity (Wildman–Crippen MR) is 74.1 cm³/mol. The summed E-state index contributed by atoms with van der Waals surface area (Å²) < 4.78 is 0. The van der Waals surface area contributed by atoms with Crippen LogP contribution in [0.3, 0.4) is 0 Å². The lowest BCUT2D eigenvalue weighted by Gasteiger charge is -2.41. The van der Waals surface area contributed by atoms with Gasteiger partial charge in [-0.1, -0.05) is 20.8 Å². The number of nitrogens with two attached hydrogens (primary N) is 1. The second kappa shape index (κ2) is 5.20. The molecule has 0 aromatic carbocycles. The van der Waals surface area contributed by atoms with E-state index in [9.17, 15) is 4.79 Å². The molecule has 0 spiro atoms. The van der Waals surface area contributed by atoms with Gasteiger partial charge in [-0.25, -0.2) is 0 Å². The highest BCUT2D eigenvalue weighted by Crippen LogP contribution is 2.34. The molecule has 2 fully saturated rings. The van der Waals surface area contributed by atoms with Crippen LogP contribution >= 0.6 is 0 Å². The Labute approximate surface area is 111 Å². The van der Waals surface area contributed by atoms with Gasteiger partial charge in [-0.2, -0.15) is 0 Å². The van der Waals surface area contributed by atoms with Gasteiger partial charge in [0.1, 0.15) is 0 Å². The van der Waals surface area contributed by atoms with Crippen molar-refractivity contribution in [2.75, 3.05) is 13.1 Å². The molecule has 18 heavy (non-hydrogen) atoms. The molecule has 0 aromatic heterocycles. The minimum absolute atomic E-state index is 0.176. The highest BCUT2D eigenvalue weighted by atomic mass is 16.2. The minimum Gasteiger partial charge on any atom is -0.342 e. The van der Waals surface area contributed by atoms with Crippen molar-refractivity contribution in [2.24, 2.45) is 23.0 Å². The van der Waals surface area contributed by atoms with Crippen molar-refractivity contribution in [3.8, 4) is 0 Å². The lowest BCUT2D eigenvalue weighted by Crippen LogP contribution is -2.47. The van der Waals surface area contributed by atoms with Gasteiger partial charge in [0.2, 0.25) is 5.91 Å². The Balaban J connectivity index is 1.94. The fraction of sp³-hybridized carbons (Fsp3) is 0.933. The molecule has 1 aliphatic heterocycles. The third kappa shape index (κ3) is 3.05. The number of amides is 1. The van der Waals surface area contributed by atoms with Gasteiger partial charge in [0, 0.05) is 25.0 Å². The Hall–Kier alpha value is -0.570. The molecule has 2 N–H and O–H groups in total. The Morgan fingerprint density at radius 3 is 2.44 bits per heavy atom. The van der Waals surface area contributed by atoms with Crippen LogP contribution in [0.2, 0.25) is 0 Å². The molecule has 1 saturated carbocycles. The summed E-state index contributed by atoms with van der Waals surface area (Å²) in [6.45, 7) is 8.68. The summed E-state index contributed by atoms with van der Waals surface area (Å²) in [5.74, 6) is 1.05. The molecule has 3 nitrogen and oxygen atoms in total. The molecule has 2 aliphatic rings. The second-order valence-electron chi connectivity index (χ2n) is 7.15. The Kier molecular flexibility index (Phi) is 4.00. The largest absolute Gasteiger partial charge is 0.342 e. The molecule has 2 rings (SSSR count). The third-order valence-electron chi connectivity index (χ3n) is 4.98. The molecule has 1 amide bonds. The topological polar surface area (TPSA) is 46.3 Å². The average Bonchev–Trinajstić information content (AvgIpc) is 2.31. The minimum atomic E-state index is 0.176. The molecular weight excluding hydrogens is 224 g/mol. The van der Waals surface area contributed by atoms with Crippen LogP contribution in [0.15, 0.2) is 0 Å². The van der Waals surface area contributed by atoms with Gasteiger partial charge in [-0.3, -0.25) is 4.79 Å². The molecule has 1 saturated heterocycles. The molecule has 3 atom stereocenters. The first kappa shape index (κ1) is 13.9. The van der Waals surface area contributed by atoms with Crippen LogP contribution in [0.4, 0.5) is 0 Å². The maximum absolute atomic E-state index is 12.6. The summed E-state index contributed by atoms with van der Waals surface area (Å²) >= 11 is 0. The van der Waals surface area contributed by atoms with E-state index in [0.29, 0.717) is 17.2 Å². The van der Waals surface area contributed by atoms with Crippen molar-refractivity contribution in [2.45, 2.75) is 58.9 Å². The molecule has 0 radical (unpaired) electrons. The number of hydrogen-bond acceptors (Lipinski definition) is 2. The summed E-state index contributed by atoms with van der Waals surface area (Å²) in [6.07, 6.45) is 5.34. The van der Waals surface area contributed by atoms with E-state index in [1.54, 1.807) is 0 Å². The van der Waals surface area contributed by atoms with Crippen LogP contribution in [0.1, 0.15) is 52.9 Å². The Morgan fingerprint density at radius 1 is 1.22 bits per heavy atom. The SMILES string of the molecule is CC1CCC(N)CC1C(=O)N1CCC(C)(C)CC1. The summed E-state index contributed by atoms with van der Waals surface area (Å²) in [5, 5.41) is 0. The van der Waals surface area contributed by atoms with Gasteiger partial charge in [-0.15, -0.1) is 0 Å². The number of nitrogens with zero attached hydrogens (tertiary/aromatic N) is 1. The van der Waals surface area contributed by atoms with E-state index >= 15 is 0 Å². The second-order valence-corrected chi connectivity index (χ2v) is 7.15. The quantitative estimate of drug-likeness (QED) is 0.779. The number of carbonyl (C=O) groups is 1. The summed E-state index contributed by atoms with van der Waals surface area (Å²) in [7, 11) is 0. The monoisotopic (exact) mass is 252 g/mol. The summed E-state index contributed by atoms with van der Waals surface area (Å²) in [4.78, 5) is 14.7. The summed E-state index contributed by atoms with van der Waals surface area (Å²) in [5.41, 5.74) is 6.44. The Morgan fingerprint density at radius 2 is 1.83 bits per heavy atom. The van der Waals surface area contributed by atoms with Crippen LogP contribution in [-0.4, -0.2) is 29.9 Å². The van der Waals surface area contributed by atoms with Gasteiger partial charge in [0.15, 0.2) is 0 Å². The van der Waals surface area contributed by atoms with Crippen LogP contribution in [0.25, 0.3) is 0 Å². The van der Waals surface area contributed by atoms with E-state index in [1.165, 1.54) is 0 Å². The zero-order valence-corrected chi connectivity index (χ0v) is 12.1. The van der Waals surface area contributed by atoms with Crippen LogP contribution in [0, 0.1) is 17.3 Å². The highest BCUT2D eigenvalue weighted by Gasteiger charge is 2.36. The maximum atomic E-state index is 12.6. The number of rotatable bonds is 1. The molecule has 3 heteroatoms. The first-order valence-corrected chi connectivity index (χ1v) is 7.43.